The van der Waals surface area contributed by atoms with Gasteiger partial charge in [0.25, 0.3) is 0 Å². The Morgan fingerprint density at radius 3 is 2.50 bits per heavy atom. The average Bonchev–Trinajstić information content (AvgIpc) is 2.89. The molecule has 0 amide bonds. The van der Waals surface area contributed by atoms with E-state index < -0.39 is 0 Å². The molecule has 1 aliphatic heterocycles. The number of nitrogens with zero attached hydrogens (tertiary/aromatic N) is 1. The van der Waals surface area contributed by atoms with Crippen molar-refractivity contribution in [1.29, 1.82) is 0 Å². The third-order valence-electron chi connectivity index (χ3n) is 4.94. The Morgan fingerprint density at radius 2 is 1.77 bits per heavy atom. The van der Waals surface area contributed by atoms with Gasteiger partial charge in [-0.2, -0.15) is 0 Å². The molecule has 1 fully saturated rings. The first-order valence-corrected chi connectivity index (χ1v) is 8.49. The minimum Gasteiger partial charge on any atom is -0.298 e. The zero-order valence-corrected chi connectivity index (χ0v) is 14.0. The van der Waals surface area contributed by atoms with Gasteiger partial charge in [0.15, 0.2) is 0 Å². The fraction of sp³-hybridized carbons (Fsp3) is 0.429. The van der Waals surface area contributed by atoms with Crippen LogP contribution in [0, 0.1) is 5.92 Å². The zero-order valence-electron chi connectivity index (χ0n) is 14.0. The molecule has 0 aliphatic carbocycles. The summed E-state index contributed by atoms with van der Waals surface area (Å²) in [6.07, 6.45) is 0. The van der Waals surface area contributed by atoms with Gasteiger partial charge in [0.05, 0.1) is 0 Å². The highest BCUT2D eigenvalue weighted by Crippen LogP contribution is 2.34. The van der Waals surface area contributed by atoms with Gasteiger partial charge in [0, 0.05) is 25.6 Å². The van der Waals surface area contributed by atoms with Crippen LogP contribution in [0.1, 0.15) is 49.3 Å². The topological polar surface area (TPSA) is 3.24 Å². The highest BCUT2D eigenvalue weighted by Gasteiger charge is 2.30. The number of benzene rings is 2. The number of hydrogen-bond donors (Lipinski definition) is 0. The van der Waals surface area contributed by atoms with Crippen molar-refractivity contribution in [3.05, 3.63) is 71.3 Å². The Balaban J connectivity index is 1.72. The minimum atomic E-state index is 0.608. The summed E-state index contributed by atoms with van der Waals surface area (Å²) in [5.74, 6) is 2.01. The lowest BCUT2D eigenvalue weighted by atomic mass is 9.88. The van der Waals surface area contributed by atoms with E-state index in [4.69, 9.17) is 0 Å². The molecule has 2 atom stereocenters. The van der Waals surface area contributed by atoms with Gasteiger partial charge in [-0.1, -0.05) is 75.4 Å². The van der Waals surface area contributed by atoms with Gasteiger partial charge in [0.2, 0.25) is 0 Å². The maximum atomic E-state index is 2.60. The summed E-state index contributed by atoms with van der Waals surface area (Å²) in [6.45, 7) is 10.4. The lowest BCUT2D eigenvalue weighted by Gasteiger charge is -2.18. The standard InChI is InChI=1S/C21H27N/c1-16(2)19-10-7-11-20(12-19)21-15-22(13-17(21)3)14-18-8-5-4-6-9-18/h4-12,16-17,21H,13-15H2,1-3H3/t17-,21?/m0/s1. The Morgan fingerprint density at radius 1 is 1.00 bits per heavy atom. The predicted octanol–water partition coefficient (Wildman–Crippen LogP) is 5.05. The van der Waals surface area contributed by atoms with Gasteiger partial charge in [-0.25, -0.2) is 0 Å². The van der Waals surface area contributed by atoms with E-state index in [2.05, 4.69) is 80.3 Å². The Hall–Kier alpha value is -1.60. The smallest absolute Gasteiger partial charge is 0.0234 e. The monoisotopic (exact) mass is 293 g/mol. The summed E-state index contributed by atoms with van der Waals surface area (Å²) >= 11 is 0. The second-order valence-corrected chi connectivity index (χ2v) is 7.09. The van der Waals surface area contributed by atoms with E-state index in [-0.39, 0.29) is 0 Å². The normalized spacial score (nSPS) is 22.4. The molecule has 1 heterocycles. The summed E-state index contributed by atoms with van der Waals surface area (Å²) in [7, 11) is 0. The second kappa shape index (κ2) is 6.66. The molecular formula is C21H27N. The van der Waals surface area contributed by atoms with Crippen LogP contribution in [0.4, 0.5) is 0 Å². The van der Waals surface area contributed by atoms with Gasteiger partial charge in [0.1, 0.15) is 0 Å². The van der Waals surface area contributed by atoms with E-state index in [0.717, 1.165) is 12.5 Å². The molecule has 2 aromatic carbocycles. The first kappa shape index (κ1) is 15.3. The lowest BCUT2D eigenvalue weighted by Crippen LogP contribution is -2.20. The largest absolute Gasteiger partial charge is 0.298 e. The van der Waals surface area contributed by atoms with Gasteiger partial charge >= 0.3 is 0 Å². The second-order valence-electron chi connectivity index (χ2n) is 7.09. The van der Waals surface area contributed by atoms with E-state index in [9.17, 15) is 0 Å². The number of likely N-dealkylation sites (tertiary alicyclic amines) is 1. The van der Waals surface area contributed by atoms with Crippen molar-refractivity contribution in [2.24, 2.45) is 5.92 Å². The van der Waals surface area contributed by atoms with Crippen LogP contribution in [0.25, 0.3) is 0 Å². The molecule has 0 aromatic heterocycles. The van der Waals surface area contributed by atoms with E-state index in [0.29, 0.717) is 11.8 Å². The number of hydrogen-bond acceptors (Lipinski definition) is 1. The molecular weight excluding hydrogens is 266 g/mol. The van der Waals surface area contributed by atoms with Crippen LogP contribution >= 0.6 is 0 Å². The van der Waals surface area contributed by atoms with E-state index >= 15 is 0 Å². The predicted molar refractivity (Wildman–Crippen MR) is 94.2 cm³/mol. The van der Waals surface area contributed by atoms with Gasteiger partial charge in [-0.05, 0) is 28.5 Å². The fourth-order valence-electron chi connectivity index (χ4n) is 3.62. The fourth-order valence-corrected chi connectivity index (χ4v) is 3.62. The highest BCUT2D eigenvalue weighted by molar-refractivity contribution is 5.30. The van der Waals surface area contributed by atoms with Crippen molar-refractivity contribution < 1.29 is 0 Å². The Labute approximate surface area is 135 Å². The number of rotatable bonds is 4. The molecule has 1 unspecified atom stereocenters. The van der Waals surface area contributed by atoms with Crippen molar-refractivity contribution in [3.8, 4) is 0 Å². The summed E-state index contributed by atoms with van der Waals surface area (Å²) < 4.78 is 0. The molecule has 0 N–H and O–H groups in total. The molecule has 1 aliphatic rings. The van der Waals surface area contributed by atoms with E-state index in [1.807, 2.05) is 0 Å². The summed E-state index contributed by atoms with van der Waals surface area (Å²) in [4.78, 5) is 2.60. The van der Waals surface area contributed by atoms with Crippen molar-refractivity contribution in [2.45, 2.75) is 39.2 Å². The molecule has 1 heteroatoms. The maximum Gasteiger partial charge on any atom is 0.0234 e. The molecule has 1 nitrogen and oxygen atoms in total. The Bertz CT molecular complexity index is 602. The van der Waals surface area contributed by atoms with Crippen LogP contribution < -0.4 is 0 Å². The van der Waals surface area contributed by atoms with Gasteiger partial charge in [-0.3, -0.25) is 4.90 Å². The molecule has 116 valence electrons. The van der Waals surface area contributed by atoms with E-state index in [1.165, 1.54) is 29.8 Å². The maximum absolute atomic E-state index is 2.60. The van der Waals surface area contributed by atoms with Crippen molar-refractivity contribution in [1.82, 2.24) is 4.90 Å². The molecule has 0 radical (unpaired) electrons. The van der Waals surface area contributed by atoms with Crippen LogP contribution in [-0.2, 0) is 6.54 Å². The van der Waals surface area contributed by atoms with Crippen LogP contribution in [0.15, 0.2) is 54.6 Å². The van der Waals surface area contributed by atoms with Crippen LogP contribution in [0.2, 0.25) is 0 Å². The van der Waals surface area contributed by atoms with Crippen molar-refractivity contribution in [3.63, 3.8) is 0 Å². The summed E-state index contributed by atoms with van der Waals surface area (Å²) in [5, 5.41) is 0. The summed E-state index contributed by atoms with van der Waals surface area (Å²) in [6, 6.07) is 20.1. The molecule has 3 rings (SSSR count). The quantitative estimate of drug-likeness (QED) is 0.763. The molecule has 2 aromatic rings. The average molecular weight is 293 g/mol. The van der Waals surface area contributed by atoms with E-state index in [1.54, 1.807) is 0 Å². The van der Waals surface area contributed by atoms with Crippen LogP contribution in [-0.4, -0.2) is 18.0 Å². The molecule has 0 bridgehead atoms. The zero-order chi connectivity index (χ0) is 15.5. The minimum absolute atomic E-state index is 0.608. The SMILES string of the molecule is CC(C)c1cccc(C2CN(Cc3ccccc3)C[C@@H]2C)c1. The molecule has 1 saturated heterocycles. The Kier molecular flexibility index (Phi) is 4.63. The first-order valence-electron chi connectivity index (χ1n) is 8.49. The molecule has 0 spiro atoms. The van der Waals surface area contributed by atoms with Crippen molar-refractivity contribution in [2.75, 3.05) is 13.1 Å². The van der Waals surface area contributed by atoms with Crippen LogP contribution in [0.3, 0.4) is 0 Å². The van der Waals surface area contributed by atoms with Crippen molar-refractivity contribution >= 4 is 0 Å². The third-order valence-corrected chi connectivity index (χ3v) is 4.94. The summed E-state index contributed by atoms with van der Waals surface area (Å²) in [5.41, 5.74) is 4.41. The molecule has 0 saturated carbocycles. The lowest BCUT2D eigenvalue weighted by molar-refractivity contribution is 0.319. The van der Waals surface area contributed by atoms with Crippen LogP contribution in [0.5, 0.6) is 0 Å². The van der Waals surface area contributed by atoms with Gasteiger partial charge in [-0.15, -0.1) is 0 Å². The van der Waals surface area contributed by atoms with Gasteiger partial charge < -0.3 is 0 Å². The third kappa shape index (κ3) is 3.41. The molecule has 22 heavy (non-hydrogen) atoms. The first-order chi connectivity index (χ1) is 10.6. The highest BCUT2D eigenvalue weighted by atomic mass is 15.1.